The summed E-state index contributed by atoms with van der Waals surface area (Å²) in [5, 5.41) is 0. The van der Waals surface area contributed by atoms with Gasteiger partial charge in [-0.2, -0.15) is 0 Å². The van der Waals surface area contributed by atoms with Crippen molar-refractivity contribution in [2.45, 2.75) is 50.8 Å². The fourth-order valence-electron chi connectivity index (χ4n) is 5.69. The summed E-state index contributed by atoms with van der Waals surface area (Å²) in [7, 11) is 0. The first-order chi connectivity index (χ1) is 16.8. The number of fused-ring (bicyclic) bond motifs is 1. The van der Waals surface area contributed by atoms with Gasteiger partial charge in [-0.15, -0.1) is 0 Å². The van der Waals surface area contributed by atoms with Crippen molar-refractivity contribution in [2.75, 3.05) is 57.4 Å². The van der Waals surface area contributed by atoms with E-state index in [1.165, 1.54) is 37.9 Å². The maximum atomic E-state index is 6.32. The molecule has 4 aliphatic rings. The molecular formula is C28H37N3O3. The van der Waals surface area contributed by atoms with Crippen molar-refractivity contribution >= 4 is 5.69 Å². The molecule has 0 aromatic heterocycles. The summed E-state index contributed by atoms with van der Waals surface area (Å²) in [6.07, 6.45) is 6.91. The summed E-state index contributed by atoms with van der Waals surface area (Å²) in [6, 6.07) is 15.9. The van der Waals surface area contributed by atoms with E-state index in [1.54, 1.807) is 0 Å². The summed E-state index contributed by atoms with van der Waals surface area (Å²) in [6.45, 7) is 8.73. The van der Waals surface area contributed by atoms with Gasteiger partial charge in [0.05, 0.1) is 5.69 Å². The van der Waals surface area contributed by atoms with E-state index in [0.29, 0.717) is 19.3 Å². The average Bonchev–Trinajstić information content (AvgIpc) is 2.86. The van der Waals surface area contributed by atoms with Crippen LogP contribution in [0.1, 0.15) is 37.7 Å². The molecule has 1 aliphatic carbocycles. The van der Waals surface area contributed by atoms with Crippen LogP contribution >= 0.6 is 0 Å². The zero-order chi connectivity index (χ0) is 22.7. The Labute approximate surface area is 203 Å². The van der Waals surface area contributed by atoms with Crippen LogP contribution in [0.2, 0.25) is 0 Å². The fraction of sp³-hybridized carbons (Fsp3) is 0.571. The number of likely N-dealkylation sites (tertiary alicyclic amines) is 1. The minimum absolute atomic E-state index is 0.369. The van der Waals surface area contributed by atoms with Crippen LogP contribution in [0.5, 0.6) is 17.2 Å². The first-order valence-electron chi connectivity index (χ1n) is 13.2. The van der Waals surface area contributed by atoms with Gasteiger partial charge in [0.1, 0.15) is 25.1 Å². The number of para-hydroxylation sites is 1. The Balaban J connectivity index is 0.973. The van der Waals surface area contributed by atoms with Crippen molar-refractivity contribution in [1.29, 1.82) is 0 Å². The lowest BCUT2D eigenvalue weighted by Crippen LogP contribution is -2.46. The van der Waals surface area contributed by atoms with Crippen LogP contribution in [-0.2, 0) is 6.54 Å². The molecular weight excluding hydrogens is 426 g/mol. The molecule has 6 heteroatoms. The lowest BCUT2D eigenvalue weighted by atomic mass is 9.90. The van der Waals surface area contributed by atoms with Gasteiger partial charge in [0.25, 0.3) is 0 Å². The summed E-state index contributed by atoms with van der Waals surface area (Å²) in [5.74, 6) is 2.80. The Hall–Kier alpha value is -2.44. The SMILES string of the molecule is c1cc2c(c(N3CCN(Cc4ccc(OC5CCN(C6CCC6)CC5)cc4)CC3)c1)OCCO2. The Kier molecular flexibility index (Phi) is 6.51. The molecule has 3 heterocycles. The number of benzene rings is 2. The van der Waals surface area contributed by atoms with Crippen molar-refractivity contribution < 1.29 is 14.2 Å². The predicted molar refractivity (Wildman–Crippen MR) is 134 cm³/mol. The average molecular weight is 464 g/mol. The van der Waals surface area contributed by atoms with Crippen LogP contribution in [0.3, 0.4) is 0 Å². The standard InChI is InChI=1S/C28H37N3O3/c1-3-23(4-1)30-13-11-25(12-14-30)34-24-9-7-22(8-10-24)21-29-15-17-31(18-16-29)26-5-2-6-27-28(26)33-20-19-32-27/h2,5-10,23,25H,1,3-4,11-21H2. The van der Waals surface area contributed by atoms with Gasteiger partial charge in [0.2, 0.25) is 0 Å². The molecule has 34 heavy (non-hydrogen) atoms. The van der Waals surface area contributed by atoms with E-state index in [4.69, 9.17) is 14.2 Å². The maximum Gasteiger partial charge on any atom is 0.184 e. The van der Waals surface area contributed by atoms with Crippen molar-refractivity contribution in [3.05, 3.63) is 48.0 Å². The maximum absolute atomic E-state index is 6.32. The first kappa shape index (κ1) is 22.1. The molecule has 0 bridgehead atoms. The number of piperidine rings is 1. The number of ether oxygens (including phenoxy) is 3. The molecule has 0 radical (unpaired) electrons. The molecule has 6 nitrogen and oxygen atoms in total. The van der Waals surface area contributed by atoms with Gasteiger partial charge < -0.3 is 24.0 Å². The van der Waals surface area contributed by atoms with Gasteiger partial charge in [-0.05, 0) is 55.5 Å². The molecule has 0 amide bonds. The van der Waals surface area contributed by atoms with Crippen LogP contribution in [0.25, 0.3) is 0 Å². The second kappa shape index (κ2) is 10.0. The highest BCUT2D eigenvalue weighted by Gasteiger charge is 2.29. The van der Waals surface area contributed by atoms with Crippen LogP contribution in [0.4, 0.5) is 5.69 Å². The molecule has 2 aromatic carbocycles. The highest BCUT2D eigenvalue weighted by molar-refractivity contribution is 5.65. The number of piperazine rings is 1. The minimum Gasteiger partial charge on any atom is -0.490 e. The number of rotatable bonds is 6. The molecule has 1 saturated carbocycles. The topological polar surface area (TPSA) is 37.4 Å². The number of hydrogen-bond acceptors (Lipinski definition) is 6. The fourth-order valence-corrected chi connectivity index (χ4v) is 5.69. The molecule has 3 fully saturated rings. The van der Waals surface area contributed by atoms with E-state index in [-0.39, 0.29) is 0 Å². The zero-order valence-electron chi connectivity index (χ0n) is 20.2. The van der Waals surface area contributed by atoms with Crippen LogP contribution in [0, 0.1) is 0 Å². The molecule has 0 N–H and O–H groups in total. The van der Waals surface area contributed by atoms with Crippen molar-refractivity contribution in [2.24, 2.45) is 0 Å². The van der Waals surface area contributed by atoms with Crippen LogP contribution in [0.15, 0.2) is 42.5 Å². The predicted octanol–water partition coefficient (Wildman–Crippen LogP) is 4.18. The Morgan fingerprint density at radius 3 is 2.29 bits per heavy atom. The van der Waals surface area contributed by atoms with E-state index < -0.39 is 0 Å². The molecule has 2 saturated heterocycles. The third kappa shape index (κ3) is 4.84. The van der Waals surface area contributed by atoms with Gasteiger partial charge in [-0.3, -0.25) is 4.90 Å². The van der Waals surface area contributed by atoms with Gasteiger partial charge in [0, 0.05) is 51.9 Å². The Morgan fingerprint density at radius 2 is 1.56 bits per heavy atom. The normalized spacial score (nSPS) is 22.4. The Bertz CT molecular complexity index is 946. The monoisotopic (exact) mass is 463 g/mol. The van der Waals surface area contributed by atoms with Crippen molar-refractivity contribution in [3.8, 4) is 17.2 Å². The number of hydrogen-bond donors (Lipinski definition) is 0. The van der Waals surface area contributed by atoms with Gasteiger partial charge in [0.15, 0.2) is 11.5 Å². The molecule has 0 unspecified atom stereocenters. The van der Waals surface area contributed by atoms with Crippen molar-refractivity contribution in [3.63, 3.8) is 0 Å². The molecule has 182 valence electrons. The van der Waals surface area contributed by atoms with Crippen LogP contribution in [-0.4, -0.2) is 74.4 Å². The minimum atomic E-state index is 0.369. The lowest BCUT2D eigenvalue weighted by molar-refractivity contribution is 0.0493. The van der Waals surface area contributed by atoms with E-state index in [2.05, 4.69) is 51.1 Å². The third-order valence-electron chi connectivity index (χ3n) is 7.96. The van der Waals surface area contributed by atoms with Crippen LogP contribution < -0.4 is 19.1 Å². The number of nitrogens with zero attached hydrogens (tertiary/aromatic N) is 3. The van der Waals surface area contributed by atoms with E-state index in [1.807, 2.05) is 6.07 Å². The second-order valence-corrected chi connectivity index (χ2v) is 10.1. The summed E-state index contributed by atoms with van der Waals surface area (Å²) in [5.41, 5.74) is 2.52. The molecule has 3 aliphatic heterocycles. The van der Waals surface area contributed by atoms with Gasteiger partial charge >= 0.3 is 0 Å². The number of anilines is 1. The third-order valence-corrected chi connectivity index (χ3v) is 7.96. The molecule has 2 aromatic rings. The Morgan fingerprint density at radius 1 is 0.794 bits per heavy atom. The smallest absolute Gasteiger partial charge is 0.184 e. The van der Waals surface area contributed by atoms with Gasteiger partial charge in [-0.1, -0.05) is 24.6 Å². The summed E-state index contributed by atoms with van der Waals surface area (Å²) >= 11 is 0. The summed E-state index contributed by atoms with van der Waals surface area (Å²) < 4.78 is 18.0. The van der Waals surface area contributed by atoms with E-state index >= 15 is 0 Å². The van der Waals surface area contributed by atoms with Gasteiger partial charge in [-0.25, -0.2) is 0 Å². The quantitative estimate of drug-likeness (QED) is 0.640. The second-order valence-electron chi connectivity index (χ2n) is 10.1. The summed E-state index contributed by atoms with van der Waals surface area (Å²) in [4.78, 5) is 7.64. The highest BCUT2D eigenvalue weighted by Crippen LogP contribution is 2.39. The zero-order valence-corrected chi connectivity index (χ0v) is 20.2. The molecule has 0 spiro atoms. The molecule has 0 atom stereocenters. The first-order valence-corrected chi connectivity index (χ1v) is 13.2. The largest absolute Gasteiger partial charge is 0.490 e. The highest BCUT2D eigenvalue weighted by atomic mass is 16.6. The van der Waals surface area contributed by atoms with E-state index in [9.17, 15) is 0 Å². The lowest BCUT2D eigenvalue weighted by Gasteiger charge is -2.41. The molecule has 6 rings (SSSR count). The van der Waals surface area contributed by atoms with E-state index in [0.717, 1.165) is 74.5 Å². The van der Waals surface area contributed by atoms with Crippen molar-refractivity contribution in [1.82, 2.24) is 9.80 Å².